The fraction of sp³-hybridized carbons (Fsp3) is 0.750. The predicted octanol–water partition coefficient (Wildman–Crippen LogP) is 1.08. The molecule has 0 aromatic heterocycles. The van der Waals surface area contributed by atoms with E-state index in [0.29, 0.717) is 32.2 Å². The monoisotopic (exact) mass is 228 g/mol. The molecule has 0 aliphatic carbocycles. The molecule has 0 aromatic carbocycles. The van der Waals surface area contributed by atoms with Crippen LogP contribution in [0.15, 0.2) is 12.2 Å². The summed E-state index contributed by atoms with van der Waals surface area (Å²) >= 11 is 0. The summed E-state index contributed by atoms with van der Waals surface area (Å²) in [5.41, 5.74) is 0.993. The van der Waals surface area contributed by atoms with Gasteiger partial charge in [0, 0.05) is 25.6 Å². The summed E-state index contributed by atoms with van der Waals surface area (Å²) in [5.74, 6) is 0.0621. The van der Waals surface area contributed by atoms with Crippen LogP contribution in [-0.2, 0) is 9.53 Å². The first-order valence-corrected chi connectivity index (χ1v) is 5.74. The molecular formula is C12H24N2O2. The number of amides is 1. The van der Waals surface area contributed by atoms with Gasteiger partial charge in [0.1, 0.15) is 0 Å². The molecule has 0 fully saturated rings. The van der Waals surface area contributed by atoms with Gasteiger partial charge in [-0.2, -0.15) is 0 Å². The molecule has 0 aliphatic rings. The van der Waals surface area contributed by atoms with Crippen molar-refractivity contribution in [3.8, 4) is 0 Å². The summed E-state index contributed by atoms with van der Waals surface area (Å²) in [5, 5.41) is 5.99. The summed E-state index contributed by atoms with van der Waals surface area (Å²) in [6.45, 7) is 12.1. The van der Waals surface area contributed by atoms with Gasteiger partial charge in [-0.05, 0) is 6.92 Å². The molecule has 16 heavy (non-hydrogen) atoms. The van der Waals surface area contributed by atoms with Crippen molar-refractivity contribution in [1.29, 1.82) is 0 Å². The third kappa shape index (κ3) is 11.2. The minimum atomic E-state index is 0.0621. The van der Waals surface area contributed by atoms with E-state index in [2.05, 4.69) is 31.1 Å². The lowest BCUT2D eigenvalue weighted by Gasteiger charge is -2.08. The van der Waals surface area contributed by atoms with E-state index in [0.717, 1.165) is 12.1 Å². The zero-order chi connectivity index (χ0) is 12.4. The quantitative estimate of drug-likeness (QED) is 0.459. The molecule has 0 radical (unpaired) electrons. The van der Waals surface area contributed by atoms with E-state index in [9.17, 15) is 4.79 Å². The van der Waals surface area contributed by atoms with Gasteiger partial charge in [0.25, 0.3) is 0 Å². The van der Waals surface area contributed by atoms with Crippen molar-refractivity contribution in [1.82, 2.24) is 10.6 Å². The molecule has 0 unspecified atom stereocenters. The molecule has 0 spiro atoms. The average Bonchev–Trinajstić information content (AvgIpc) is 2.16. The Morgan fingerprint density at radius 2 is 2.06 bits per heavy atom. The van der Waals surface area contributed by atoms with Crippen molar-refractivity contribution in [2.45, 2.75) is 33.2 Å². The van der Waals surface area contributed by atoms with Crippen molar-refractivity contribution in [2.75, 3.05) is 26.3 Å². The first-order valence-electron chi connectivity index (χ1n) is 5.74. The number of carbonyl (C=O) groups is 1. The first-order chi connectivity index (χ1) is 7.52. The normalized spacial score (nSPS) is 10.5. The maximum absolute atomic E-state index is 11.3. The number of carbonyl (C=O) groups excluding carboxylic acids is 1. The molecule has 2 N–H and O–H groups in total. The van der Waals surface area contributed by atoms with Gasteiger partial charge in [0.05, 0.1) is 13.2 Å². The van der Waals surface area contributed by atoms with Crippen molar-refractivity contribution in [2.24, 2.45) is 0 Å². The van der Waals surface area contributed by atoms with Gasteiger partial charge < -0.3 is 15.4 Å². The third-order valence-corrected chi connectivity index (χ3v) is 1.82. The largest absolute Gasteiger partial charge is 0.375 e. The second-order valence-electron chi connectivity index (χ2n) is 4.22. The number of hydrogen-bond acceptors (Lipinski definition) is 3. The Bertz CT molecular complexity index is 215. The minimum absolute atomic E-state index is 0.0621. The highest BCUT2D eigenvalue weighted by Gasteiger charge is 2.00. The van der Waals surface area contributed by atoms with E-state index in [1.54, 1.807) is 0 Å². The summed E-state index contributed by atoms with van der Waals surface area (Å²) in [7, 11) is 0. The third-order valence-electron chi connectivity index (χ3n) is 1.82. The van der Waals surface area contributed by atoms with E-state index < -0.39 is 0 Å². The Balaban J connectivity index is 3.27. The molecule has 4 heteroatoms. The SMILES string of the molecule is C=C(C)COCCNC(=O)CCNC(C)C. The minimum Gasteiger partial charge on any atom is -0.375 e. The standard InChI is InChI=1S/C12H24N2O2/c1-10(2)9-16-8-7-14-12(15)5-6-13-11(3)4/h11,13H,1,5-9H2,2-4H3,(H,14,15). The van der Waals surface area contributed by atoms with Crippen molar-refractivity contribution >= 4 is 5.91 Å². The van der Waals surface area contributed by atoms with Crippen LogP contribution in [0.1, 0.15) is 27.2 Å². The number of rotatable bonds is 9. The lowest BCUT2D eigenvalue weighted by Crippen LogP contribution is -2.32. The van der Waals surface area contributed by atoms with Crippen LogP contribution in [0, 0.1) is 0 Å². The predicted molar refractivity (Wildman–Crippen MR) is 66.4 cm³/mol. The fourth-order valence-corrected chi connectivity index (χ4v) is 1.07. The first kappa shape index (κ1) is 15.1. The van der Waals surface area contributed by atoms with Crippen LogP contribution >= 0.6 is 0 Å². The number of nitrogens with one attached hydrogen (secondary N) is 2. The van der Waals surface area contributed by atoms with Crippen LogP contribution < -0.4 is 10.6 Å². The van der Waals surface area contributed by atoms with Crippen LogP contribution in [-0.4, -0.2) is 38.3 Å². The van der Waals surface area contributed by atoms with E-state index in [1.165, 1.54) is 0 Å². The van der Waals surface area contributed by atoms with Crippen LogP contribution in [0.25, 0.3) is 0 Å². The van der Waals surface area contributed by atoms with Crippen LogP contribution in [0.4, 0.5) is 0 Å². The molecular weight excluding hydrogens is 204 g/mol. The summed E-state index contributed by atoms with van der Waals surface area (Å²) < 4.78 is 5.26. The lowest BCUT2D eigenvalue weighted by molar-refractivity contribution is -0.121. The summed E-state index contributed by atoms with van der Waals surface area (Å²) in [6.07, 6.45) is 0.513. The lowest BCUT2D eigenvalue weighted by atomic mass is 10.3. The topological polar surface area (TPSA) is 50.4 Å². The fourth-order valence-electron chi connectivity index (χ4n) is 1.07. The molecule has 0 saturated carbocycles. The van der Waals surface area contributed by atoms with Crippen molar-refractivity contribution in [3.63, 3.8) is 0 Å². The Morgan fingerprint density at radius 1 is 1.38 bits per heavy atom. The maximum atomic E-state index is 11.3. The van der Waals surface area contributed by atoms with Crippen molar-refractivity contribution < 1.29 is 9.53 Å². The summed E-state index contributed by atoms with van der Waals surface area (Å²) in [4.78, 5) is 11.3. The van der Waals surface area contributed by atoms with Crippen LogP contribution in [0.2, 0.25) is 0 Å². The van der Waals surface area contributed by atoms with Gasteiger partial charge in [-0.1, -0.05) is 26.0 Å². The molecule has 0 aliphatic heterocycles. The summed E-state index contributed by atoms with van der Waals surface area (Å²) in [6, 6.07) is 0.423. The molecule has 0 bridgehead atoms. The van der Waals surface area contributed by atoms with E-state index in [4.69, 9.17) is 4.74 Å². The molecule has 4 nitrogen and oxygen atoms in total. The molecule has 0 atom stereocenters. The number of hydrogen-bond donors (Lipinski definition) is 2. The van der Waals surface area contributed by atoms with E-state index in [1.807, 2.05) is 6.92 Å². The van der Waals surface area contributed by atoms with Gasteiger partial charge >= 0.3 is 0 Å². The van der Waals surface area contributed by atoms with Gasteiger partial charge in [-0.3, -0.25) is 4.79 Å². The zero-order valence-electron chi connectivity index (χ0n) is 10.6. The second kappa shape index (κ2) is 9.36. The van der Waals surface area contributed by atoms with Gasteiger partial charge in [0.2, 0.25) is 5.91 Å². The highest BCUT2D eigenvalue weighted by Crippen LogP contribution is 1.87. The zero-order valence-corrected chi connectivity index (χ0v) is 10.6. The smallest absolute Gasteiger partial charge is 0.221 e. The average molecular weight is 228 g/mol. The van der Waals surface area contributed by atoms with E-state index in [-0.39, 0.29) is 5.91 Å². The van der Waals surface area contributed by atoms with Gasteiger partial charge in [0.15, 0.2) is 0 Å². The van der Waals surface area contributed by atoms with Crippen molar-refractivity contribution in [3.05, 3.63) is 12.2 Å². The molecule has 1 amide bonds. The maximum Gasteiger partial charge on any atom is 0.221 e. The molecule has 0 saturated heterocycles. The molecule has 0 rings (SSSR count). The van der Waals surface area contributed by atoms with Crippen LogP contribution in [0.5, 0.6) is 0 Å². The molecule has 0 heterocycles. The van der Waals surface area contributed by atoms with Gasteiger partial charge in [-0.15, -0.1) is 0 Å². The van der Waals surface area contributed by atoms with Gasteiger partial charge in [-0.25, -0.2) is 0 Å². The van der Waals surface area contributed by atoms with E-state index >= 15 is 0 Å². The highest BCUT2D eigenvalue weighted by atomic mass is 16.5. The second-order valence-corrected chi connectivity index (χ2v) is 4.22. The Morgan fingerprint density at radius 3 is 2.62 bits per heavy atom. The Labute approximate surface area is 98.4 Å². The number of ether oxygens (including phenoxy) is 1. The Hall–Kier alpha value is -0.870. The molecule has 0 aromatic rings. The highest BCUT2D eigenvalue weighted by molar-refractivity contribution is 5.75. The van der Waals surface area contributed by atoms with Crippen LogP contribution in [0.3, 0.4) is 0 Å². The molecule has 94 valence electrons. The Kier molecular flexibility index (Phi) is 8.85.